The number of benzene rings is 1. The van der Waals surface area contributed by atoms with Crippen LogP contribution in [0.5, 0.6) is 0 Å². The molecule has 132 valence electrons. The summed E-state index contributed by atoms with van der Waals surface area (Å²) in [6.45, 7) is 6.55. The van der Waals surface area contributed by atoms with Crippen molar-refractivity contribution in [1.82, 2.24) is 15.5 Å². The third-order valence-corrected chi connectivity index (χ3v) is 5.05. The van der Waals surface area contributed by atoms with Crippen molar-refractivity contribution in [2.75, 3.05) is 24.5 Å². The first-order valence-corrected chi connectivity index (χ1v) is 9.00. The van der Waals surface area contributed by atoms with Gasteiger partial charge in [-0.1, -0.05) is 30.3 Å². The number of hydrogen-bond acceptors (Lipinski definition) is 4. The van der Waals surface area contributed by atoms with Gasteiger partial charge in [0.2, 0.25) is 5.91 Å². The van der Waals surface area contributed by atoms with E-state index in [1.807, 2.05) is 18.2 Å². The molecule has 1 amide bonds. The first kappa shape index (κ1) is 17.4. The summed E-state index contributed by atoms with van der Waals surface area (Å²) in [6.07, 6.45) is 4.41. The van der Waals surface area contributed by atoms with E-state index in [0.717, 1.165) is 43.7 Å². The maximum Gasteiger partial charge on any atom is 0.223 e. The normalized spacial score (nSPS) is 15.2. The molecule has 5 nitrogen and oxygen atoms in total. The molecule has 1 aliphatic rings. The zero-order chi connectivity index (χ0) is 17.6. The van der Waals surface area contributed by atoms with Crippen LogP contribution in [0.2, 0.25) is 0 Å². The van der Waals surface area contributed by atoms with Gasteiger partial charge in [0, 0.05) is 25.6 Å². The van der Waals surface area contributed by atoms with Crippen LogP contribution in [0.4, 0.5) is 5.82 Å². The molecule has 0 bridgehead atoms. The van der Waals surface area contributed by atoms with Crippen LogP contribution in [0.25, 0.3) is 0 Å². The fraction of sp³-hybridized carbons (Fsp3) is 0.450. The highest BCUT2D eigenvalue weighted by Crippen LogP contribution is 2.25. The lowest BCUT2D eigenvalue weighted by Gasteiger charge is -2.32. The zero-order valence-corrected chi connectivity index (χ0v) is 15.0. The third-order valence-electron chi connectivity index (χ3n) is 5.05. The lowest BCUT2D eigenvalue weighted by Crippen LogP contribution is -2.41. The summed E-state index contributed by atoms with van der Waals surface area (Å²) in [5.41, 5.74) is 3.60. The van der Waals surface area contributed by atoms with Crippen molar-refractivity contribution in [3.05, 3.63) is 53.2 Å². The minimum atomic E-state index is 0.102. The average Bonchev–Trinajstić information content (AvgIpc) is 2.65. The van der Waals surface area contributed by atoms with Gasteiger partial charge in [-0.05, 0) is 49.8 Å². The Morgan fingerprint density at radius 1 is 1.20 bits per heavy atom. The molecule has 25 heavy (non-hydrogen) atoms. The summed E-state index contributed by atoms with van der Waals surface area (Å²) in [4.78, 5) is 14.6. The van der Waals surface area contributed by atoms with E-state index in [1.165, 1.54) is 11.1 Å². The molecule has 0 atom stereocenters. The highest BCUT2D eigenvalue weighted by Gasteiger charge is 2.26. The van der Waals surface area contributed by atoms with E-state index in [2.05, 4.69) is 46.4 Å². The van der Waals surface area contributed by atoms with E-state index in [4.69, 9.17) is 0 Å². The number of hydrogen-bond donors (Lipinski definition) is 1. The van der Waals surface area contributed by atoms with Crippen LogP contribution >= 0.6 is 0 Å². The number of carbonyl (C=O) groups is 1. The van der Waals surface area contributed by atoms with E-state index < -0.39 is 0 Å². The van der Waals surface area contributed by atoms with Crippen LogP contribution in [0.1, 0.15) is 29.5 Å². The van der Waals surface area contributed by atoms with E-state index in [-0.39, 0.29) is 11.8 Å². The van der Waals surface area contributed by atoms with Gasteiger partial charge in [0.15, 0.2) is 5.82 Å². The third kappa shape index (κ3) is 4.35. The Kier molecular flexibility index (Phi) is 5.64. The second kappa shape index (κ2) is 8.10. The number of aryl methyl sites for hydroxylation is 1. The van der Waals surface area contributed by atoms with Gasteiger partial charge < -0.3 is 10.2 Å². The van der Waals surface area contributed by atoms with Crippen LogP contribution in [-0.2, 0) is 11.2 Å². The molecule has 1 fully saturated rings. The monoisotopic (exact) mass is 338 g/mol. The topological polar surface area (TPSA) is 58.1 Å². The van der Waals surface area contributed by atoms with E-state index in [9.17, 15) is 4.79 Å². The number of rotatable bonds is 5. The molecule has 1 aliphatic heterocycles. The lowest BCUT2D eigenvalue weighted by atomic mass is 9.95. The quantitative estimate of drug-likeness (QED) is 0.911. The zero-order valence-electron chi connectivity index (χ0n) is 15.0. The Bertz CT molecular complexity index is 709. The molecule has 0 aliphatic carbocycles. The number of nitrogens with zero attached hydrogens (tertiary/aromatic N) is 3. The highest BCUT2D eigenvalue weighted by atomic mass is 16.1. The minimum absolute atomic E-state index is 0.102. The van der Waals surface area contributed by atoms with Crippen molar-refractivity contribution < 1.29 is 4.79 Å². The van der Waals surface area contributed by atoms with E-state index in [0.29, 0.717) is 6.54 Å². The van der Waals surface area contributed by atoms with Crippen molar-refractivity contribution in [2.45, 2.75) is 33.1 Å². The maximum absolute atomic E-state index is 12.4. The summed E-state index contributed by atoms with van der Waals surface area (Å²) in [6, 6.07) is 10.3. The van der Waals surface area contributed by atoms with Gasteiger partial charge in [0.1, 0.15) is 0 Å². The largest absolute Gasteiger partial charge is 0.356 e. The molecular formula is C20H26N4O. The van der Waals surface area contributed by atoms with Crippen LogP contribution in [-0.4, -0.2) is 35.7 Å². The summed E-state index contributed by atoms with van der Waals surface area (Å²) >= 11 is 0. The standard InChI is InChI=1S/C20H26N4O/c1-15-14-22-23-19(16(15)2)24-12-9-18(10-13-24)20(25)21-11-8-17-6-4-3-5-7-17/h3-7,14,18H,8-13H2,1-2H3,(H,21,25). The Balaban J connectivity index is 1.47. The first-order valence-electron chi connectivity index (χ1n) is 9.00. The van der Waals surface area contributed by atoms with Gasteiger partial charge in [-0.2, -0.15) is 5.10 Å². The van der Waals surface area contributed by atoms with Crippen molar-refractivity contribution >= 4 is 11.7 Å². The smallest absolute Gasteiger partial charge is 0.223 e. The predicted molar refractivity (Wildman–Crippen MR) is 99.6 cm³/mol. The number of anilines is 1. The first-order chi connectivity index (χ1) is 12.1. The van der Waals surface area contributed by atoms with Gasteiger partial charge in [-0.3, -0.25) is 4.79 Å². The maximum atomic E-state index is 12.4. The molecule has 0 spiro atoms. The van der Waals surface area contributed by atoms with Gasteiger partial charge in [0.05, 0.1) is 6.20 Å². The second-order valence-electron chi connectivity index (χ2n) is 6.76. The van der Waals surface area contributed by atoms with Crippen molar-refractivity contribution in [3.63, 3.8) is 0 Å². The van der Waals surface area contributed by atoms with E-state index >= 15 is 0 Å². The molecule has 0 saturated carbocycles. The predicted octanol–water partition coefficient (Wildman–Crippen LogP) is 2.67. The minimum Gasteiger partial charge on any atom is -0.356 e. The Labute approximate surface area is 149 Å². The summed E-state index contributed by atoms with van der Waals surface area (Å²) in [5.74, 6) is 1.25. The average molecular weight is 338 g/mol. The van der Waals surface area contributed by atoms with Crippen LogP contribution < -0.4 is 10.2 Å². The summed E-state index contributed by atoms with van der Waals surface area (Å²) < 4.78 is 0. The molecule has 0 radical (unpaired) electrons. The molecule has 1 N–H and O–H groups in total. The molecule has 1 saturated heterocycles. The van der Waals surface area contributed by atoms with Gasteiger partial charge in [0.25, 0.3) is 0 Å². The van der Waals surface area contributed by atoms with Crippen molar-refractivity contribution in [1.29, 1.82) is 0 Å². The number of aromatic nitrogens is 2. The summed E-state index contributed by atoms with van der Waals surface area (Å²) in [7, 11) is 0. The Morgan fingerprint density at radius 3 is 2.64 bits per heavy atom. The molecule has 2 heterocycles. The molecule has 1 aromatic carbocycles. The fourth-order valence-corrected chi connectivity index (χ4v) is 3.29. The SMILES string of the molecule is Cc1cnnc(N2CCC(C(=O)NCCc3ccccc3)CC2)c1C. The number of amides is 1. The molecule has 2 aromatic rings. The number of carbonyl (C=O) groups excluding carboxylic acids is 1. The van der Waals surface area contributed by atoms with E-state index in [1.54, 1.807) is 6.20 Å². The fourth-order valence-electron chi connectivity index (χ4n) is 3.29. The van der Waals surface area contributed by atoms with Crippen LogP contribution in [0.15, 0.2) is 36.5 Å². The molecule has 1 aromatic heterocycles. The molecule has 5 heteroatoms. The molecule has 0 unspecified atom stereocenters. The van der Waals surface area contributed by atoms with Crippen LogP contribution in [0.3, 0.4) is 0 Å². The molecule has 3 rings (SSSR count). The van der Waals surface area contributed by atoms with Crippen molar-refractivity contribution in [2.24, 2.45) is 5.92 Å². The summed E-state index contributed by atoms with van der Waals surface area (Å²) in [5, 5.41) is 11.5. The van der Waals surface area contributed by atoms with Crippen molar-refractivity contribution in [3.8, 4) is 0 Å². The Hall–Kier alpha value is -2.43. The lowest BCUT2D eigenvalue weighted by molar-refractivity contribution is -0.125. The van der Waals surface area contributed by atoms with Gasteiger partial charge in [-0.25, -0.2) is 0 Å². The highest BCUT2D eigenvalue weighted by molar-refractivity contribution is 5.79. The Morgan fingerprint density at radius 2 is 1.92 bits per heavy atom. The van der Waals surface area contributed by atoms with Crippen LogP contribution in [0, 0.1) is 19.8 Å². The number of piperidine rings is 1. The van der Waals surface area contributed by atoms with Gasteiger partial charge >= 0.3 is 0 Å². The van der Waals surface area contributed by atoms with Gasteiger partial charge in [-0.15, -0.1) is 5.10 Å². The molecular weight excluding hydrogens is 312 g/mol. The second-order valence-corrected chi connectivity index (χ2v) is 6.76. The number of nitrogens with one attached hydrogen (secondary N) is 1.